The maximum absolute atomic E-state index is 10.3. The summed E-state index contributed by atoms with van der Waals surface area (Å²) >= 11 is 0. The van der Waals surface area contributed by atoms with Crippen LogP contribution in [0, 0.1) is 0 Å². The Morgan fingerprint density at radius 1 is 1.62 bits per heavy atom. The minimum Gasteiger partial charge on any atom is -0.293 e. The predicted molar refractivity (Wildman–Crippen MR) is 27.5 cm³/mol. The third kappa shape index (κ3) is 2.13. The van der Waals surface area contributed by atoms with Gasteiger partial charge in [-0.15, -0.1) is 0 Å². The van der Waals surface area contributed by atoms with Gasteiger partial charge in [0, 0.05) is 25.7 Å². The Morgan fingerprint density at radius 3 is 2.62 bits per heavy atom. The number of allylic oxidation sites excluding steroid dienone is 1. The average Bonchev–Trinajstić information content (AvgIpc) is 1.69. The van der Waals surface area contributed by atoms with Crippen molar-refractivity contribution in [3.8, 4) is 0 Å². The molecule has 1 rings (SSSR count). The van der Waals surface area contributed by atoms with E-state index < -0.39 is 0 Å². The molecule has 0 N–H and O–H groups in total. The first kappa shape index (κ1) is 7.70. The summed E-state index contributed by atoms with van der Waals surface area (Å²) in [7, 11) is 0. The molecular weight excluding hydrogens is 193 g/mol. The SMILES string of the molecule is O=C1C=CC=NC1.[Rh]. The van der Waals surface area contributed by atoms with Crippen LogP contribution >= 0.6 is 0 Å². The van der Waals surface area contributed by atoms with E-state index in [2.05, 4.69) is 4.99 Å². The molecule has 8 heavy (non-hydrogen) atoms. The first-order chi connectivity index (χ1) is 3.39. The van der Waals surface area contributed by atoms with E-state index in [1.165, 1.54) is 6.08 Å². The van der Waals surface area contributed by atoms with E-state index in [0.29, 0.717) is 6.54 Å². The minimum atomic E-state index is 0. The van der Waals surface area contributed by atoms with E-state index >= 15 is 0 Å². The number of rotatable bonds is 0. The molecule has 0 aromatic carbocycles. The van der Waals surface area contributed by atoms with Crippen molar-refractivity contribution in [2.75, 3.05) is 6.54 Å². The molecule has 0 aliphatic carbocycles. The van der Waals surface area contributed by atoms with Crippen LogP contribution in [0.1, 0.15) is 0 Å². The van der Waals surface area contributed by atoms with Gasteiger partial charge in [-0.3, -0.25) is 9.79 Å². The molecule has 0 saturated carbocycles. The van der Waals surface area contributed by atoms with E-state index in [1.807, 2.05) is 0 Å². The van der Waals surface area contributed by atoms with Gasteiger partial charge < -0.3 is 0 Å². The van der Waals surface area contributed by atoms with E-state index in [0.717, 1.165) is 0 Å². The van der Waals surface area contributed by atoms with Gasteiger partial charge in [0.2, 0.25) is 0 Å². The zero-order valence-corrected chi connectivity index (χ0v) is 5.77. The molecule has 0 amide bonds. The molecular formula is C5H5NORh. The van der Waals surface area contributed by atoms with Crippen LogP contribution in [-0.4, -0.2) is 18.5 Å². The maximum atomic E-state index is 10.3. The molecule has 0 aromatic heterocycles. The molecule has 1 radical (unpaired) electrons. The third-order valence-corrected chi connectivity index (χ3v) is 0.721. The Kier molecular flexibility index (Phi) is 3.54. The van der Waals surface area contributed by atoms with Crippen LogP contribution in [0.5, 0.6) is 0 Å². The molecule has 0 bridgehead atoms. The number of hydrogen-bond acceptors (Lipinski definition) is 2. The third-order valence-electron chi connectivity index (χ3n) is 0.721. The van der Waals surface area contributed by atoms with Crippen molar-refractivity contribution in [3.63, 3.8) is 0 Å². The van der Waals surface area contributed by atoms with Gasteiger partial charge in [0.25, 0.3) is 0 Å². The molecule has 1 aliphatic rings. The zero-order valence-electron chi connectivity index (χ0n) is 4.13. The van der Waals surface area contributed by atoms with Crippen molar-refractivity contribution >= 4 is 12.0 Å². The van der Waals surface area contributed by atoms with Crippen LogP contribution in [0.25, 0.3) is 0 Å². The van der Waals surface area contributed by atoms with Crippen molar-refractivity contribution in [1.82, 2.24) is 0 Å². The van der Waals surface area contributed by atoms with Crippen LogP contribution in [0.15, 0.2) is 17.1 Å². The van der Waals surface area contributed by atoms with Crippen LogP contribution < -0.4 is 0 Å². The second kappa shape index (κ2) is 3.67. The van der Waals surface area contributed by atoms with Crippen molar-refractivity contribution in [1.29, 1.82) is 0 Å². The van der Waals surface area contributed by atoms with Crippen molar-refractivity contribution in [2.24, 2.45) is 4.99 Å². The molecule has 0 unspecified atom stereocenters. The minimum absolute atomic E-state index is 0. The number of nitrogens with zero attached hydrogens (tertiary/aromatic N) is 1. The van der Waals surface area contributed by atoms with Gasteiger partial charge >= 0.3 is 0 Å². The fourth-order valence-electron chi connectivity index (χ4n) is 0.407. The summed E-state index contributed by atoms with van der Waals surface area (Å²) in [6.45, 7) is 0.330. The summed E-state index contributed by atoms with van der Waals surface area (Å²) in [4.78, 5) is 14.0. The van der Waals surface area contributed by atoms with Gasteiger partial charge in [-0.2, -0.15) is 0 Å². The summed E-state index contributed by atoms with van der Waals surface area (Å²) in [5, 5.41) is 0. The molecule has 45 valence electrons. The Labute approximate surface area is 60.4 Å². The number of ketones is 1. The Balaban J connectivity index is 0.000000490. The van der Waals surface area contributed by atoms with Gasteiger partial charge in [0.1, 0.15) is 6.54 Å². The fourth-order valence-corrected chi connectivity index (χ4v) is 0.407. The number of carbonyl (C=O) groups is 1. The first-order valence-electron chi connectivity index (χ1n) is 2.09. The van der Waals surface area contributed by atoms with Crippen molar-refractivity contribution in [2.45, 2.75) is 0 Å². The summed E-state index contributed by atoms with van der Waals surface area (Å²) < 4.78 is 0. The fraction of sp³-hybridized carbons (Fsp3) is 0.200. The number of dihydropyridines is 1. The summed E-state index contributed by atoms with van der Waals surface area (Å²) in [6.07, 6.45) is 4.79. The smallest absolute Gasteiger partial charge is 0.177 e. The molecule has 0 fully saturated rings. The molecule has 0 aromatic rings. The van der Waals surface area contributed by atoms with Crippen molar-refractivity contribution in [3.05, 3.63) is 12.2 Å². The summed E-state index contributed by atoms with van der Waals surface area (Å²) in [6, 6.07) is 0. The summed E-state index contributed by atoms with van der Waals surface area (Å²) in [5.41, 5.74) is 0. The van der Waals surface area contributed by atoms with Gasteiger partial charge in [-0.25, -0.2) is 0 Å². The van der Waals surface area contributed by atoms with E-state index in [9.17, 15) is 4.79 Å². The zero-order chi connectivity index (χ0) is 5.11. The predicted octanol–water partition coefficient (Wildman–Crippen LogP) is 0.194. The second-order valence-corrected chi connectivity index (χ2v) is 1.32. The quantitative estimate of drug-likeness (QED) is 0.511. The van der Waals surface area contributed by atoms with Gasteiger partial charge in [-0.1, -0.05) is 0 Å². The number of carbonyl (C=O) groups excluding carboxylic acids is 1. The van der Waals surface area contributed by atoms with E-state index in [4.69, 9.17) is 0 Å². The number of aliphatic imine (C=N–C) groups is 1. The topological polar surface area (TPSA) is 29.4 Å². The first-order valence-corrected chi connectivity index (χ1v) is 2.09. The number of hydrogen-bond donors (Lipinski definition) is 0. The van der Waals surface area contributed by atoms with Crippen LogP contribution in [0.3, 0.4) is 0 Å². The summed E-state index contributed by atoms with van der Waals surface area (Å²) in [5.74, 6) is 0.0856. The molecule has 0 atom stereocenters. The van der Waals surface area contributed by atoms with Gasteiger partial charge in [-0.05, 0) is 12.2 Å². The molecule has 2 nitrogen and oxygen atoms in total. The van der Waals surface area contributed by atoms with Crippen LogP contribution in [0.2, 0.25) is 0 Å². The Hall–Kier alpha value is -0.297. The second-order valence-electron chi connectivity index (χ2n) is 1.32. The van der Waals surface area contributed by atoms with Crippen molar-refractivity contribution < 1.29 is 24.3 Å². The molecule has 0 saturated heterocycles. The molecule has 1 heterocycles. The van der Waals surface area contributed by atoms with Gasteiger partial charge in [0.15, 0.2) is 5.78 Å². The average molecular weight is 198 g/mol. The molecule has 0 spiro atoms. The molecule has 3 heteroatoms. The van der Waals surface area contributed by atoms with E-state index in [-0.39, 0.29) is 25.3 Å². The van der Waals surface area contributed by atoms with Crippen LogP contribution in [-0.2, 0) is 24.3 Å². The largest absolute Gasteiger partial charge is 0.293 e. The normalized spacial score (nSPS) is 15.8. The monoisotopic (exact) mass is 198 g/mol. The van der Waals surface area contributed by atoms with E-state index in [1.54, 1.807) is 12.3 Å². The maximum Gasteiger partial charge on any atom is 0.177 e. The molecule has 1 aliphatic heterocycles. The Bertz CT molecular complexity index is 139. The van der Waals surface area contributed by atoms with Gasteiger partial charge in [0.05, 0.1) is 0 Å². The Morgan fingerprint density at radius 2 is 2.38 bits per heavy atom. The van der Waals surface area contributed by atoms with Crippen LogP contribution in [0.4, 0.5) is 0 Å². The standard InChI is InChI=1S/C5H5NO.Rh/c7-5-2-1-3-6-4-5;/h1-3H,4H2;.